The summed E-state index contributed by atoms with van der Waals surface area (Å²) in [4.78, 5) is 21.8. The molecule has 0 amide bonds. The number of anilines is 1. The highest BCUT2D eigenvalue weighted by Gasteiger charge is 2.21. The second kappa shape index (κ2) is 8.55. The Bertz CT molecular complexity index is 901. The van der Waals surface area contributed by atoms with E-state index in [1.54, 1.807) is 0 Å². The topological polar surface area (TPSA) is 91.2 Å². The number of rotatable bonds is 4. The number of benzene rings is 1. The van der Waals surface area contributed by atoms with Crippen molar-refractivity contribution in [2.75, 3.05) is 24.6 Å². The van der Waals surface area contributed by atoms with Gasteiger partial charge in [-0.3, -0.25) is 4.79 Å². The quantitative estimate of drug-likeness (QED) is 0.875. The Balaban J connectivity index is 1.54. The summed E-state index contributed by atoms with van der Waals surface area (Å²) in [6.45, 7) is 2.29. The van der Waals surface area contributed by atoms with Crippen molar-refractivity contribution in [3.05, 3.63) is 57.1 Å². The van der Waals surface area contributed by atoms with Crippen LogP contribution in [0.1, 0.15) is 41.8 Å². The Morgan fingerprint density at radius 1 is 1.25 bits per heavy atom. The number of nitriles is 1. The number of H-pyrrole nitrogens is 1. The zero-order valence-electron chi connectivity index (χ0n) is 15.8. The van der Waals surface area contributed by atoms with Gasteiger partial charge in [0, 0.05) is 19.7 Å². The zero-order valence-corrected chi connectivity index (χ0v) is 15.8. The van der Waals surface area contributed by atoms with Crippen LogP contribution in [0.3, 0.4) is 0 Å². The molecule has 1 unspecified atom stereocenters. The number of aromatic nitrogens is 2. The number of fused-ring (bicyclic) bond motifs is 1. The highest BCUT2D eigenvalue weighted by atomic mass is 16.7. The average molecular weight is 380 g/mol. The molecule has 1 fully saturated rings. The Labute approximate surface area is 163 Å². The summed E-state index contributed by atoms with van der Waals surface area (Å²) in [5.41, 5.74) is 2.26. The Morgan fingerprint density at radius 2 is 2.00 bits per heavy atom. The summed E-state index contributed by atoms with van der Waals surface area (Å²) >= 11 is 0. The van der Waals surface area contributed by atoms with Crippen LogP contribution in [0.2, 0.25) is 0 Å². The molecule has 7 nitrogen and oxygen atoms in total. The van der Waals surface area contributed by atoms with Crippen LogP contribution in [0.25, 0.3) is 0 Å². The first-order valence-corrected chi connectivity index (χ1v) is 9.83. The van der Waals surface area contributed by atoms with Crippen molar-refractivity contribution in [2.24, 2.45) is 0 Å². The second-order valence-electron chi connectivity index (χ2n) is 7.19. The smallest absolute Gasteiger partial charge is 0.271 e. The first kappa shape index (κ1) is 18.7. The molecule has 1 aromatic carbocycles. The molecule has 146 valence electrons. The van der Waals surface area contributed by atoms with Crippen LogP contribution in [-0.2, 0) is 28.9 Å². The molecule has 7 heteroatoms. The van der Waals surface area contributed by atoms with Gasteiger partial charge in [0.05, 0.1) is 0 Å². The number of hydrogen-bond donors (Lipinski definition) is 1. The van der Waals surface area contributed by atoms with Gasteiger partial charge in [-0.2, -0.15) is 5.26 Å². The second-order valence-corrected chi connectivity index (χ2v) is 7.19. The summed E-state index contributed by atoms with van der Waals surface area (Å²) in [5.74, 6) is 0.872. The molecule has 2 aliphatic heterocycles. The Morgan fingerprint density at radius 3 is 2.64 bits per heavy atom. The molecular formula is C21H24N4O3. The lowest BCUT2D eigenvalue weighted by Gasteiger charge is -2.24. The van der Waals surface area contributed by atoms with Gasteiger partial charge in [-0.15, -0.1) is 0 Å². The number of hydrogen-bond acceptors (Lipinski definition) is 6. The highest BCUT2D eigenvalue weighted by Crippen LogP contribution is 2.21. The predicted octanol–water partition coefficient (Wildman–Crippen LogP) is 2.29. The van der Waals surface area contributed by atoms with Gasteiger partial charge in [0.15, 0.2) is 17.7 Å². The van der Waals surface area contributed by atoms with Gasteiger partial charge in [-0.05, 0) is 43.2 Å². The minimum Gasteiger partial charge on any atom is -0.355 e. The Kier molecular flexibility index (Phi) is 5.70. The molecule has 0 radical (unpaired) electrons. The molecule has 2 aromatic rings. The maximum absolute atomic E-state index is 12.5. The normalized spacial score (nSPS) is 19.5. The van der Waals surface area contributed by atoms with E-state index in [0.29, 0.717) is 31.3 Å². The maximum atomic E-state index is 12.5. The van der Waals surface area contributed by atoms with Crippen molar-refractivity contribution in [1.82, 2.24) is 9.97 Å². The van der Waals surface area contributed by atoms with Crippen molar-refractivity contribution in [1.29, 1.82) is 5.26 Å². The molecule has 1 N–H and O–H groups in total. The van der Waals surface area contributed by atoms with Crippen LogP contribution in [0.5, 0.6) is 0 Å². The summed E-state index contributed by atoms with van der Waals surface area (Å²) in [6.07, 6.45) is 4.42. The van der Waals surface area contributed by atoms with Crippen molar-refractivity contribution in [3.8, 4) is 6.07 Å². The molecule has 3 heterocycles. The number of aromatic amines is 1. The number of ether oxygens (including phenoxy) is 2. The summed E-state index contributed by atoms with van der Waals surface area (Å²) in [7, 11) is 0. The lowest BCUT2D eigenvalue weighted by Crippen LogP contribution is -2.31. The molecule has 1 atom stereocenters. The molecule has 0 aliphatic carbocycles. The third kappa shape index (κ3) is 4.08. The van der Waals surface area contributed by atoms with Gasteiger partial charge in [0.25, 0.3) is 5.56 Å². The van der Waals surface area contributed by atoms with Crippen molar-refractivity contribution in [3.63, 3.8) is 0 Å². The fourth-order valence-corrected chi connectivity index (χ4v) is 3.80. The minimum atomic E-state index is -0.419. The monoisotopic (exact) mass is 380 g/mol. The molecule has 0 saturated carbocycles. The molecule has 1 aromatic heterocycles. The zero-order chi connectivity index (χ0) is 19.3. The first-order valence-electron chi connectivity index (χ1n) is 9.83. The van der Waals surface area contributed by atoms with Crippen LogP contribution in [0.15, 0.2) is 29.1 Å². The minimum absolute atomic E-state index is 0.0589. The predicted molar refractivity (Wildman–Crippen MR) is 104 cm³/mol. The lowest BCUT2D eigenvalue weighted by molar-refractivity contribution is -0.170. The van der Waals surface area contributed by atoms with Crippen molar-refractivity contribution < 1.29 is 9.47 Å². The van der Waals surface area contributed by atoms with E-state index in [1.807, 2.05) is 23.1 Å². The van der Waals surface area contributed by atoms with E-state index in [4.69, 9.17) is 9.47 Å². The van der Waals surface area contributed by atoms with Crippen LogP contribution < -0.4 is 10.5 Å². The van der Waals surface area contributed by atoms with Gasteiger partial charge in [0.1, 0.15) is 18.5 Å². The van der Waals surface area contributed by atoms with Gasteiger partial charge >= 0.3 is 0 Å². The van der Waals surface area contributed by atoms with Gasteiger partial charge < -0.3 is 19.4 Å². The van der Waals surface area contributed by atoms with Crippen LogP contribution in [0, 0.1) is 11.3 Å². The molecule has 0 bridgehead atoms. The van der Waals surface area contributed by atoms with E-state index in [9.17, 15) is 10.1 Å². The van der Waals surface area contributed by atoms with Crippen LogP contribution in [0.4, 0.5) is 5.82 Å². The van der Waals surface area contributed by atoms with E-state index in [2.05, 4.69) is 22.1 Å². The number of nitrogens with zero attached hydrogens (tertiary/aromatic N) is 3. The summed E-state index contributed by atoms with van der Waals surface area (Å²) < 4.78 is 11.3. The van der Waals surface area contributed by atoms with Gasteiger partial charge in [-0.25, -0.2) is 4.98 Å². The number of nitrogens with one attached hydrogen (secondary N) is 1. The third-order valence-electron chi connectivity index (χ3n) is 5.33. The molecular weight excluding hydrogens is 356 g/mol. The molecule has 4 rings (SSSR count). The van der Waals surface area contributed by atoms with E-state index in [1.165, 1.54) is 11.1 Å². The Hall–Kier alpha value is -2.69. The average Bonchev–Trinajstić information content (AvgIpc) is 2.95. The van der Waals surface area contributed by atoms with E-state index in [-0.39, 0.29) is 18.5 Å². The van der Waals surface area contributed by atoms with Crippen LogP contribution in [-0.4, -0.2) is 36.0 Å². The fraction of sp³-hybridized carbons (Fsp3) is 0.476. The first-order chi connectivity index (χ1) is 13.7. The fourth-order valence-electron chi connectivity index (χ4n) is 3.80. The van der Waals surface area contributed by atoms with Crippen molar-refractivity contribution in [2.45, 2.75) is 45.0 Å². The SMILES string of the molecule is N#Cc1c(N2CCc3ccccc3CC2)nc(COC2CCCCO2)[nH]c1=O. The van der Waals surface area contributed by atoms with E-state index >= 15 is 0 Å². The largest absolute Gasteiger partial charge is 0.355 e. The standard InChI is InChI=1S/C21H24N4O3/c22-13-17-20(25-10-8-15-5-1-2-6-16(15)9-11-25)23-18(24-21(17)26)14-28-19-7-3-4-12-27-19/h1-2,5-6,19H,3-4,7-12,14H2,(H,23,24,26). The van der Waals surface area contributed by atoms with Gasteiger partial charge in [-0.1, -0.05) is 24.3 Å². The van der Waals surface area contributed by atoms with Crippen molar-refractivity contribution >= 4 is 5.82 Å². The summed E-state index contributed by atoms with van der Waals surface area (Å²) in [6, 6.07) is 10.4. The van der Waals surface area contributed by atoms with E-state index < -0.39 is 5.56 Å². The maximum Gasteiger partial charge on any atom is 0.271 e. The lowest BCUT2D eigenvalue weighted by atomic mass is 10.0. The molecule has 0 spiro atoms. The van der Waals surface area contributed by atoms with Crippen LogP contribution >= 0.6 is 0 Å². The summed E-state index contributed by atoms with van der Waals surface area (Å²) in [5, 5.41) is 9.51. The molecule has 1 saturated heterocycles. The highest BCUT2D eigenvalue weighted by molar-refractivity contribution is 5.53. The van der Waals surface area contributed by atoms with Gasteiger partial charge in [0.2, 0.25) is 0 Å². The third-order valence-corrected chi connectivity index (χ3v) is 5.33. The van der Waals surface area contributed by atoms with E-state index in [0.717, 1.165) is 32.1 Å². The molecule has 28 heavy (non-hydrogen) atoms. The molecule has 2 aliphatic rings.